The molecule has 0 bridgehead atoms. The number of nitrogens with one attached hydrogen (secondary N) is 2. The topological polar surface area (TPSA) is 74.1 Å². The molecule has 2 aromatic carbocycles. The molecule has 8 heteroatoms. The van der Waals surface area contributed by atoms with E-state index in [0.717, 1.165) is 42.5 Å². The van der Waals surface area contributed by atoms with E-state index in [9.17, 15) is 23.2 Å². The van der Waals surface area contributed by atoms with Crippen molar-refractivity contribution in [3.63, 3.8) is 0 Å². The van der Waals surface area contributed by atoms with Crippen molar-refractivity contribution in [1.82, 2.24) is 10.6 Å². The van der Waals surface area contributed by atoms with Crippen molar-refractivity contribution in [2.24, 2.45) is 0 Å². The first-order valence-corrected chi connectivity index (χ1v) is 9.72. The van der Waals surface area contributed by atoms with E-state index in [1.807, 2.05) is 24.3 Å². The molecule has 5 nitrogen and oxygen atoms in total. The maximum absolute atomic E-state index is 12.3. The van der Waals surface area contributed by atoms with Crippen LogP contribution in [0.2, 0.25) is 0 Å². The predicted octanol–water partition coefficient (Wildman–Crippen LogP) is 3.95. The fraction of sp³-hybridized carbons (Fsp3) is 0.364. The number of piperidine rings is 1. The molecule has 3 rings (SSSR count). The molecule has 1 saturated heterocycles. The summed E-state index contributed by atoms with van der Waals surface area (Å²) in [6.07, 6.45) is -1.54. The molecule has 2 aromatic rings. The Morgan fingerprint density at radius 3 is 2.30 bits per heavy atom. The molecule has 0 radical (unpaired) electrons. The Kier molecular flexibility index (Phi) is 6.95. The first kappa shape index (κ1) is 21.7. The quantitative estimate of drug-likeness (QED) is 0.747. The van der Waals surface area contributed by atoms with Crippen molar-refractivity contribution in [1.29, 1.82) is 5.26 Å². The maximum atomic E-state index is 12.3. The van der Waals surface area contributed by atoms with Crippen molar-refractivity contribution in [2.75, 3.05) is 6.54 Å². The largest absolute Gasteiger partial charge is 0.573 e. The summed E-state index contributed by atoms with van der Waals surface area (Å²) >= 11 is 0. The molecule has 0 spiro atoms. The molecule has 0 saturated carbocycles. The van der Waals surface area contributed by atoms with Gasteiger partial charge in [0, 0.05) is 6.42 Å². The third-order valence-electron chi connectivity index (χ3n) is 4.91. The molecule has 1 fully saturated rings. The number of rotatable bonds is 6. The number of ether oxygens (including phenoxy) is 1. The van der Waals surface area contributed by atoms with Crippen LogP contribution in [0.4, 0.5) is 13.2 Å². The summed E-state index contributed by atoms with van der Waals surface area (Å²) in [6, 6.07) is 14.2. The van der Waals surface area contributed by atoms with Crippen LogP contribution in [0.15, 0.2) is 48.5 Å². The summed E-state index contributed by atoms with van der Waals surface area (Å²) in [4.78, 5) is 12.3. The number of benzene rings is 2. The van der Waals surface area contributed by atoms with Crippen LogP contribution in [0, 0.1) is 11.3 Å². The first-order chi connectivity index (χ1) is 14.3. The minimum absolute atomic E-state index is 0.154. The predicted molar refractivity (Wildman–Crippen MR) is 105 cm³/mol. The third-order valence-corrected chi connectivity index (χ3v) is 4.91. The van der Waals surface area contributed by atoms with Crippen LogP contribution in [0.25, 0.3) is 11.1 Å². The summed E-state index contributed by atoms with van der Waals surface area (Å²) < 4.78 is 40.6. The summed E-state index contributed by atoms with van der Waals surface area (Å²) in [5.74, 6) is -0.429. The molecule has 1 aliphatic heterocycles. The molecule has 2 N–H and O–H groups in total. The average molecular weight is 417 g/mol. The number of halogens is 3. The van der Waals surface area contributed by atoms with E-state index in [4.69, 9.17) is 0 Å². The zero-order chi connectivity index (χ0) is 21.6. The molecular weight excluding hydrogens is 395 g/mol. The lowest BCUT2D eigenvalue weighted by molar-refractivity contribution is -0.274. The standard InChI is InChI=1S/C22H22F3N3O2/c23-22(24,25)30-19-10-8-17(9-11-19)16-6-4-15(5-7-16)13-18(14-26)28-21(29)20-3-1-2-12-27-20/h4-11,18,20,27H,1-3,12-13H2,(H,28,29)/t18-,20?/m0/s1. The van der Waals surface area contributed by atoms with Gasteiger partial charge < -0.3 is 15.4 Å². The van der Waals surface area contributed by atoms with Gasteiger partial charge in [0.15, 0.2) is 0 Å². The van der Waals surface area contributed by atoms with Gasteiger partial charge in [-0.2, -0.15) is 5.26 Å². The Balaban J connectivity index is 1.59. The van der Waals surface area contributed by atoms with Gasteiger partial charge in [0.1, 0.15) is 11.8 Å². The van der Waals surface area contributed by atoms with E-state index in [-0.39, 0.29) is 17.7 Å². The fourth-order valence-corrected chi connectivity index (χ4v) is 3.39. The van der Waals surface area contributed by atoms with Crippen LogP contribution >= 0.6 is 0 Å². The highest BCUT2D eigenvalue weighted by Gasteiger charge is 2.31. The third kappa shape index (κ3) is 6.22. The van der Waals surface area contributed by atoms with E-state index >= 15 is 0 Å². The van der Waals surface area contributed by atoms with Gasteiger partial charge in [-0.05, 0) is 48.2 Å². The van der Waals surface area contributed by atoms with E-state index < -0.39 is 12.4 Å². The highest BCUT2D eigenvalue weighted by molar-refractivity contribution is 5.82. The second kappa shape index (κ2) is 9.63. The van der Waals surface area contributed by atoms with Gasteiger partial charge in [0.25, 0.3) is 0 Å². The van der Waals surface area contributed by atoms with Gasteiger partial charge in [-0.15, -0.1) is 13.2 Å². The van der Waals surface area contributed by atoms with Crippen LogP contribution in [0.3, 0.4) is 0 Å². The monoisotopic (exact) mass is 417 g/mol. The molecule has 1 amide bonds. The van der Waals surface area contributed by atoms with Crippen molar-refractivity contribution >= 4 is 5.91 Å². The average Bonchev–Trinajstić information content (AvgIpc) is 2.74. The van der Waals surface area contributed by atoms with E-state index in [1.165, 1.54) is 12.1 Å². The van der Waals surface area contributed by atoms with Gasteiger partial charge >= 0.3 is 6.36 Å². The van der Waals surface area contributed by atoms with Crippen LogP contribution in [0.1, 0.15) is 24.8 Å². The Morgan fingerprint density at radius 1 is 1.13 bits per heavy atom. The van der Waals surface area contributed by atoms with Crippen molar-refractivity contribution in [3.8, 4) is 22.9 Å². The number of nitrogens with zero attached hydrogens (tertiary/aromatic N) is 1. The zero-order valence-corrected chi connectivity index (χ0v) is 16.2. The highest BCUT2D eigenvalue weighted by Crippen LogP contribution is 2.26. The normalized spacial score (nSPS) is 17.6. The lowest BCUT2D eigenvalue weighted by Gasteiger charge is -2.23. The van der Waals surface area contributed by atoms with Gasteiger partial charge in [0.05, 0.1) is 12.1 Å². The van der Waals surface area contributed by atoms with Gasteiger partial charge in [-0.25, -0.2) is 0 Å². The molecule has 158 valence electrons. The lowest BCUT2D eigenvalue weighted by Crippen LogP contribution is -2.49. The minimum Gasteiger partial charge on any atom is -0.406 e. The molecule has 30 heavy (non-hydrogen) atoms. The molecule has 1 heterocycles. The van der Waals surface area contributed by atoms with E-state index in [1.54, 1.807) is 12.1 Å². The number of carbonyl (C=O) groups is 1. The molecule has 0 aliphatic carbocycles. The number of alkyl halides is 3. The van der Waals surface area contributed by atoms with Gasteiger partial charge in [0.2, 0.25) is 5.91 Å². The Morgan fingerprint density at radius 2 is 1.77 bits per heavy atom. The highest BCUT2D eigenvalue weighted by atomic mass is 19.4. The molecular formula is C22H22F3N3O2. The number of hydrogen-bond acceptors (Lipinski definition) is 4. The van der Waals surface area contributed by atoms with Crippen LogP contribution in [0.5, 0.6) is 5.75 Å². The maximum Gasteiger partial charge on any atom is 0.573 e. The van der Waals surface area contributed by atoms with Crippen LogP contribution < -0.4 is 15.4 Å². The zero-order valence-electron chi connectivity index (χ0n) is 16.2. The lowest BCUT2D eigenvalue weighted by atomic mass is 10.00. The Bertz CT molecular complexity index is 884. The minimum atomic E-state index is -4.72. The SMILES string of the molecule is N#C[C@H](Cc1ccc(-c2ccc(OC(F)(F)F)cc2)cc1)NC(=O)C1CCCCN1. The number of hydrogen-bond donors (Lipinski definition) is 2. The molecule has 0 aromatic heterocycles. The summed E-state index contributed by atoms with van der Waals surface area (Å²) in [7, 11) is 0. The van der Waals surface area contributed by atoms with Crippen molar-refractivity contribution < 1.29 is 22.7 Å². The Hall–Kier alpha value is -3.05. The van der Waals surface area contributed by atoms with Crippen LogP contribution in [-0.4, -0.2) is 30.9 Å². The van der Waals surface area contributed by atoms with Crippen molar-refractivity contribution in [2.45, 2.75) is 44.1 Å². The number of amides is 1. The Labute approximate surface area is 172 Å². The van der Waals surface area contributed by atoms with Gasteiger partial charge in [-0.3, -0.25) is 4.79 Å². The summed E-state index contributed by atoms with van der Waals surface area (Å²) in [6.45, 7) is 0.806. The fourth-order valence-electron chi connectivity index (χ4n) is 3.39. The first-order valence-electron chi connectivity index (χ1n) is 9.72. The van der Waals surface area contributed by atoms with E-state index in [0.29, 0.717) is 6.42 Å². The molecule has 2 atom stereocenters. The van der Waals surface area contributed by atoms with Crippen LogP contribution in [-0.2, 0) is 11.2 Å². The van der Waals surface area contributed by atoms with Gasteiger partial charge in [-0.1, -0.05) is 42.8 Å². The second-order valence-corrected chi connectivity index (χ2v) is 7.17. The van der Waals surface area contributed by atoms with Crippen molar-refractivity contribution in [3.05, 3.63) is 54.1 Å². The summed E-state index contributed by atoms with van der Waals surface area (Å²) in [5.41, 5.74) is 2.44. The molecule has 1 unspecified atom stereocenters. The second-order valence-electron chi connectivity index (χ2n) is 7.17. The summed E-state index contributed by atoms with van der Waals surface area (Å²) in [5, 5.41) is 15.3. The number of carbonyl (C=O) groups excluding carboxylic acids is 1. The molecule has 1 aliphatic rings. The smallest absolute Gasteiger partial charge is 0.406 e. The number of nitriles is 1. The van der Waals surface area contributed by atoms with E-state index in [2.05, 4.69) is 21.4 Å².